The zero-order valence-electron chi connectivity index (χ0n) is 14.2. The van der Waals surface area contributed by atoms with Gasteiger partial charge in [0.1, 0.15) is 5.82 Å². The molecule has 3 rings (SSSR count). The van der Waals surface area contributed by atoms with Crippen LogP contribution in [0.3, 0.4) is 0 Å². The first-order valence-corrected chi connectivity index (χ1v) is 8.38. The van der Waals surface area contributed by atoms with E-state index in [0.29, 0.717) is 0 Å². The number of anilines is 1. The van der Waals surface area contributed by atoms with E-state index in [9.17, 15) is 0 Å². The Balaban J connectivity index is 1.97. The van der Waals surface area contributed by atoms with Gasteiger partial charge in [-0.2, -0.15) is 0 Å². The molecule has 3 nitrogen and oxygen atoms in total. The number of allylic oxidation sites excluding steroid dienone is 1. The normalized spacial score (nSPS) is 13.5. The number of aromatic nitrogens is 2. The predicted octanol–water partition coefficient (Wildman–Crippen LogP) is 4.89. The first kappa shape index (κ1) is 15.6. The van der Waals surface area contributed by atoms with Gasteiger partial charge in [-0.3, -0.25) is 0 Å². The van der Waals surface area contributed by atoms with Gasteiger partial charge >= 0.3 is 0 Å². The lowest BCUT2D eigenvalue weighted by Gasteiger charge is -2.15. The Labute approximate surface area is 139 Å². The van der Waals surface area contributed by atoms with Crippen LogP contribution in [0.2, 0.25) is 0 Å². The van der Waals surface area contributed by atoms with Gasteiger partial charge in [-0.1, -0.05) is 45.1 Å². The zero-order chi connectivity index (χ0) is 16.4. The van der Waals surface area contributed by atoms with E-state index in [-0.39, 0.29) is 0 Å². The molecule has 0 radical (unpaired) electrons. The van der Waals surface area contributed by atoms with E-state index in [2.05, 4.69) is 61.0 Å². The molecule has 2 heterocycles. The number of fused-ring (bicyclic) bond motifs is 1. The van der Waals surface area contributed by atoms with Crippen LogP contribution in [0.1, 0.15) is 37.4 Å². The van der Waals surface area contributed by atoms with Crippen LogP contribution >= 0.6 is 0 Å². The molecular formula is C20H25N3. The van der Waals surface area contributed by atoms with Gasteiger partial charge in [0.05, 0.1) is 5.69 Å². The van der Waals surface area contributed by atoms with Crippen LogP contribution in [0.25, 0.3) is 17.5 Å². The lowest BCUT2D eigenvalue weighted by molar-refractivity contribution is 0.606. The van der Waals surface area contributed by atoms with E-state index in [0.717, 1.165) is 35.7 Å². The van der Waals surface area contributed by atoms with Gasteiger partial charge in [0.15, 0.2) is 0 Å². The summed E-state index contributed by atoms with van der Waals surface area (Å²) in [7, 11) is 2.08. The van der Waals surface area contributed by atoms with Crippen molar-refractivity contribution in [3.8, 4) is 11.4 Å². The molecule has 23 heavy (non-hydrogen) atoms. The minimum absolute atomic E-state index is 0.939. The van der Waals surface area contributed by atoms with E-state index >= 15 is 0 Å². The molecule has 1 aliphatic rings. The number of hydrogen-bond acceptors (Lipinski definition) is 2. The molecule has 0 amide bonds. The lowest BCUT2D eigenvalue weighted by atomic mass is 10.1. The maximum Gasteiger partial charge on any atom is 0.140 e. The third-order valence-corrected chi connectivity index (χ3v) is 4.58. The molecule has 0 saturated carbocycles. The van der Waals surface area contributed by atoms with Gasteiger partial charge < -0.3 is 9.47 Å². The number of nitrogens with zero attached hydrogens (tertiary/aromatic N) is 3. The average Bonchev–Trinajstić information content (AvgIpc) is 3.09. The summed E-state index contributed by atoms with van der Waals surface area (Å²) in [6, 6.07) is 6.62. The zero-order valence-corrected chi connectivity index (χ0v) is 14.2. The fourth-order valence-electron chi connectivity index (χ4n) is 3.14. The van der Waals surface area contributed by atoms with Crippen molar-refractivity contribution in [2.24, 2.45) is 0 Å². The molecule has 3 heteroatoms. The Kier molecular flexibility index (Phi) is 4.37. The third kappa shape index (κ3) is 2.96. The van der Waals surface area contributed by atoms with E-state index < -0.39 is 0 Å². The molecule has 0 saturated heterocycles. The molecule has 2 aromatic rings. The number of unbranched alkanes of at least 4 members (excludes halogenated alkanes) is 2. The second-order valence-corrected chi connectivity index (χ2v) is 6.24. The number of aryl methyl sites for hydroxylation is 1. The van der Waals surface area contributed by atoms with Crippen molar-refractivity contribution >= 4 is 11.8 Å². The Morgan fingerprint density at radius 2 is 2.13 bits per heavy atom. The van der Waals surface area contributed by atoms with Gasteiger partial charge in [0, 0.05) is 43.2 Å². The van der Waals surface area contributed by atoms with Crippen molar-refractivity contribution in [1.29, 1.82) is 0 Å². The molecule has 0 spiro atoms. The summed E-state index contributed by atoms with van der Waals surface area (Å²) < 4.78 is 2.26. The van der Waals surface area contributed by atoms with Crippen molar-refractivity contribution in [3.63, 3.8) is 0 Å². The number of rotatable bonds is 6. The standard InChI is InChI=1S/C20H25N3/c1-5-7-8-11-23-14-18(6-2)21-20(23)17-10-9-16-12-15(3)22(4)19(16)13-17/h6,9-10,13-14H,2-3,5,7-8,11-12H2,1,4H3. The van der Waals surface area contributed by atoms with Crippen LogP contribution in [-0.4, -0.2) is 16.6 Å². The minimum Gasteiger partial charge on any atom is -0.348 e. The molecule has 1 aromatic heterocycles. The van der Waals surface area contributed by atoms with Crippen LogP contribution in [-0.2, 0) is 13.0 Å². The Morgan fingerprint density at radius 3 is 2.87 bits per heavy atom. The highest BCUT2D eigenvalue weighted by atomic mass is 15.1. The van der Waals surface area contributed by atoms with Gasteiger partial charge in [-0.25, -0.2) is 4.98 Å². The fourth-order valence-corrected chi connectivity index (χ4v) is 3.14. The van der Waals surface area contributed by atoms with Crippen molar-refractivity contribution in [1.82, 2.24) is 9.55 Å². The van der Waals surface area contributed by atoms with Gasteiger partial charge in [-0.15, -0.1) is 0 Å². The minimum atomic E-state index is 0.939. The summed E-state index contributed by atoms with van der Waals surface area (Å²) in [5.41, 5.74) is 5.84. The molecule has 0 N–H and O–H groups in total. The fraction of sp³-hybridized carbons (Fsp3) is 0.350. The van der Waals surface area contributed by atoms with Crippen LogP contribution in [0.15, 0.2) is 43.3 Å². The molecule has 0 unspecified atom stereocenters. The Hall–Kier alpha value is -2.29. The molecular weight excluding hydrogens is 282 g/mol. The van der Waals surface area contributed by atoms with Crippen LogP contribution < -0.4 is 4.90 Å². The second kappa shape index (κ2) is 6.45. The number of benzene rings is 1. The Morgan fingerprint density at radius 1 is 1.30 bits per heavy atom. The topological polar surface area (TPSA) is 21.1 Å². The van der Waals surface area contributed by atoms with Crippen molar-refractivity contribution in [2.45, 2.75) is 39.2 Å². The summed E-state index contributed by atoms with van der Waals surface area (Å²) in [5.74, 6) is 1.03. The second-order valence-electron chi connectivity index (χ2n) is 6.24. The summed E-state index contributed by atoms with van der Waals surface area (Å²) >= 11 is 0. The molecule has 0 bridgehead atoms. The molecule has 1 aliphatic heterocycles. The highest BCUT2D eigenvalue weighted by molar-refractivity contribution is 5.72. The summed E-state index contributed by atoms with van der Waals surface area (Å²) in [6.07, 6.45) is 8.51. The van der Waals surface area contributed by atoms with E-state index in [1.54, 1.807) is 0 Å². The van der Waals surface area contributed by atoms with Crippen molar-refractivity contribution in [2.75, 3.05) is 11.9 Å². The molecule has 0 fully saturated rings. The molecule has 0 atom stereocenters. The van der Waals surface area contributed by atoms with Gasteiger partial charge in [-0.05, 0) is 24.1 Å². The maximum atomic E-state index is 4.75. The molecule has 0 aliphatic carbocycles. The van der Waals surface area contributed by atoms with Crippen LogP contribution in [0.4, 0.5) is 5.69 Å². The third-order valence-electron chi connectivity index (χ3n) is 4.58. The summed E-state index contributed by atoms with van der Waals surface area (Å²) in [6.45, 7) is 11.2. The first-order chi connectivity index (χ1) is 11.1. The average molecular weight is 307 g/mol. The quantitative estimate of drug-likeness (QED) is 0.709. The number of imidazole rings is 1. The van der Waals surface area contributed by atoms with Crippen LogP contribution in [0, 0.1) is 0 Å². The maximum absolute atomic E-state index is 4.75. The first-order valence-electron chi connectivity index (χ1n) is 8.38. The summed E-state index contributed by atoms with van der Waals surface area (Å²) in [5, 5.41) is 0. The monoisotopic (exact) mass is 307 g/mol. The van der Waals surface area contributed by atoms with E-state index in [4.69, 9.17) is 4.98 Å². The number of hydrogen-bond donors (Lipinski definition) is 0. The van der Waals surface area contributed by atoms with Gasteiger partial charge in [0.2, 0.25) is 0 Å². The molecule has 120 valence electrons. The highest BCUT2D eigenvalue weighted by Gasteiger charge is 2.20. The lowest BCUT2D eigenvalue weighted by Crippen LogP contribution is -2.09. The number of likely N-dealkylation sites (N-methyl/N-ethyl adjacent to an activating group) is 1. The largest absolute Gasteiger partial charge is 0.348 e. The van der Waals surface area contributed by atoms with Gasteiger partial charge in [0.25, 0.3) is 0 Å². The van der Waals surface area contributed by atoms with Crippen LogP contribution in [0.5, 0.6) is 0 Å². The Bertz CT molecular complexity index is 739. The smallest absolute Gasteiger partial charge is 0.140 e. The van der Waals surface area contributed by atoms with Crippen molar-refractivity contribution in [3.05, 3.63) is 54.5 Å². The van der Waals surface area contributed by atoms with Crippen molar-refractivity contribution < 1.29 is 0 Å². The molecule has 1 aromatic carbocycles. The SMILES string of the molecule is C=Cc1cn(CCCCC)c(-c2ccc3c(c2)N(C)C(=C)C3)n1. The highest BCUT2D eigenvalue weighted by Crippen LogP contribution is 2.35. The van der Waals surface area contributed by atoms with E-state index in [1.807, 2.05) is 6.08 Å². The predicted molar refractivity (Wildman–Crippen MR) is 98.5 cm³/mol. The summed E-state index contributed by atoms with van der Waals surface area (Å²) in [4.78, 5) is 6.93. The van der Waals surface area contributed by atoms with E-state index in [1.165, 1.54) is 30.5 Å².